The van der Waals surface area contributed by atoms with Crippen molar-refractivity contribution in [2.75, 3.05) is 33.2 Å². The number of rotatable bonds is 12. The lowest BCUT2D eigenvalue weighted by Gasteiger charge is -2.57. The predicted molar refractivity (Wildman–Crippen MR) is 154 cm³/mol. The molecule has 1 aromatic carbocycles. The highest BCUT2D eigenvalue weighted by Crippen LogP contribution is 2.61. The number of nitrogens with zero attached hydrogens (tertiary/aromatic N) is 3. The van der Waals surface area contributed by atoms with Crippen LogP contribution in [-0.4, -0.2) is 61.9 Å². The summed E-state index contributed by atoms with van der Waals surface area (Å²) in [5.74, 6) is 2.62. The fourth-order valence-corrected chi connectivity index (χ4v) is 9.21. The van der Waals surface area contributed by atoms with E-state index in [4.69, 9.17) is 0 Å². The Morgan fingerprint density at radius 3 is 2.26 bits per heavy atom. The van der Waals surface area contributed by atoms with Crippen molar-refractivity contribution in [2.45, 2.75) is 69.6 Å². The van der Waals surface area contributed by atoms with Gasteiger partial charge in [0, 0.05) is 45.6 Å². The summed E-state index contributed by atoms with van der Waals surface area (Å²) >= 11 is 0. The Bertz CT molecular complexity index is 1200. The zero-order chi connectivity index (χ0) is 27.5. The van der Waals surface area contributed by atoms with Gasteiger partial charge in [0.2, 0.25) is 10.0 Å². The first-order valence-corrected chi connectivity index (χ1v) is 16.1. The Morgan fingerprint density at radius 1 is 0.974 bits per heavy atom. The average Bonchev–Trinajstić information content (AvgIpc) is 2.91. The lowest BCUT2D eigenvalue weighted by molar-refractivity contribution is -0.0596. The normalized spacial score (nSPS) is 25.7. The zero-order valence-electron chi connectivity index (χ0n) is 23.5. The molecular formula is C31H44N4O3S. The quantitative estimate of drug-likeness (QED) is 0.364. The van der Waals surface area contributed by atoms with E-state index in [1.54, 1.807) is 31.6 Å². The third kappa shape index (κ3) is 6.65. The molecule has 0 unspecified atom stereocenters. The van der Waals surface area contributed by atoms with E-state index < -0.39 is 10.0 Å². The summed E-state index contributed by atoms with van der Waals surface area (Å²) in [6, 6.07) is 11.0. The van der Waals surface area contributed by atoms with Crippen LogP contribution in [0.5, 0.6) is 0 Å². The van der Waals surface area contributed by atoms with Crippen molar-refractivity contribution in [3.63, 3.8) is 0 Å². The Hall–Kier alpha value is -2.45. The molecule has 0 spiro atoms. The van der Waals surface area contributed by atoms with Gasteiger partial charge in [-0.25, -0.2) is 13.2 Å². The Labute approximate surface area is 234 Å². The van der Waals surface area contributed by atoms with Crippen LogP contribution in [0.3, 0.4) is 0 Å². The number of carbonyl (C=O) groups is 1. The summed E-state index contributed by atoms with van der Waals surface area (Å²) in [5, 5.41) is 3.12. The summed E-state index contributed by atoms with van der Waals surface area (Å²) < 4.78 is 27.9. The smallest absolute Gasteiger partial charge is 0.317 e. The fourth-order valence-electron chi connectivity index (χ4n) is 7.83. The maximum Gasteiger partial charge on any atom is 0.317 e. The third-order valence-corrected chi connectivity index (χ3v) is 11.5. The lowest BCUT2D eigenvalue weighted by Crippen LogP contribution is -2.49. The molecule has 6 rings (SSSR count). The van der Waals surface area contributed by atoms with Gasteiger partial charge < -0.3 is 10.2 Å². The molecule has 0 radical (unpaired) electrons. The summed E-state index contributed by atoms with van der Waals surface area (Å²) in [5.41, 5.74) is 2.31. The van der Waals surface area contributed by atoms with Gasteiger partial charge in [-0.3, -0.25) is 4.98 Å². The first kappa shape index (κ1) is 28.1. The number of carbonyl (C=O) groups excluding carboxylic acids is 1. The van der Waals surface area contributed by atoms with Crippen LogP contribution < -0.4 is 5.32 Å². The second kappa shape index (κ2) is 12.0. The van der Waals surface area contributed by atoms with Gasteiger partial charge in [0.25, 0.3) is 0 Å². The van der Waals surface area contributed by atoms with Crippen molar-refractivity contribution >= 4 is 16.1 Å². The van der Waals surface area contributed by atoms with Crippen LogP contribution in [0.1, 0.15) is 62.5 Å². The van der Waals surface area contributed by atoms with E-state index >= 15 is 0 Å². The highest BCUT2D eigenvalue weighted by molar-refractivity contribution is 7.89. The summed E-state index contributed by atoms with van der Waals surface area (Å²) in [6.45, 7) is 3.73. The number of aryl methyl sites for hydroxylation is 2. The molecule has 4 bridgehead atoms. The molecule has 4 aliphatic rings. The summed E-state index contributed by atoms with van der Waals surface area (Å²) in [4.78, 5) is 19.7. The predicted octanol–water partition coefficient (Wildman–Crippen LogP) is 5.26. The molecular weight excluding hydrogens is 508 g/mol. The second-order valence-corrected chi connectivity index (χ2v) is 14.5. The van der Waals surface area contributed by atoms with E-state index in [2.05, 4.69) is 10.3 Å². The number of nitrogens with one attached hydrogen (secondary N) is 1. The Balaban J connectivity index is 1.21. The number of amides is 2. The van der Waals surface area contributed by atoms with Crippen molar-refractivity contribution in [3.8, 4) is 0 Å². The average molecular weight is 553 g/mol. The largest absolute Gasteiger partial charge is 0.338 e. The first-order valence-electron chi connectivity index (χ1n) is 14.7. The number of urea groups is 1. The van der Waals surface area contributed by atoms with Gasteiger partial charge in [0.15, 0.2) is 0 Å². The van der Waals surface area contributed by atoms with E-state index in [9.17, 15) is 13.2 Å². The Kier molecular flexibility index (Phi) is 8.62. The number of sulfonamides is 1. The molecule has 4 fully saturated rings. The van der Waals surface area contributed by atoms with Crippen LogP contribution in [0.4, 0.5) is 4.79 Å². The first-order chi connectivity index (χ1) is 18.7. The molecule has 0 aliphatic heterocycles. The number of likely N-dealkylation sites (N-methyl/N-ethyl adjacent to an activating group) is 1. The number of hydrogen-bond donors (Lipinski definition) is 1. The second-order valence-electron chi connectivity index (χ2n) is 12.4. The van der Waals surface area contributed by atoms with Gasteiger partial charge in [0.05, 0.1) is 4.90 Å². The van der Waals surface area contributed by atoms with E-state index in [1.165, 1.54) is 48.4 Å². The Morgan fingerprint density at radius 2 is 1.62 bits per heavy atom. The molecule has 8 heteroatoms. The minimum Gasteiger partial charge on any atom is -0.338 e. The maximum atomic E-state index is 13.4. The number of pyridine rings is 1. The summed E-state index contributed by atoms with van der Waals surface area (Å²) in [7, 11) is -2.01. The molecule has 39 heavy (non-hydrogen) atoms. The minimum absolute atomic E-state index is 0.0869. The zero-order valence-corrected chi connectivity index (χ0v) is 24.3. The number of aromatic nitrogens is 1. The molecule has 2 aromatic rings. The molecule has 0 saturated heterocycles. The molecule has 4 saturated carbocycles. The van der Waals surface area contributed by atoms with Crippen LogP contribution in [0.15, 0.2) is 53.7 Å². The van der Waals surface area contributed by atoms with Crippen molar-refractivity contribution in [2.24, 2.45) is 23.2 Å². The van der Waals surface area contributed by atoms with Crippen LogP contribution in [0.25, 0.3) is 0 Å². The molecule has 1 N–H and O–H groups in total. The van der Waals surface area contributed by atoms with Gasteiger partial charge in [-0.05, 0) is 117 Å². The molecule has 1 heterocycles. The van der Waals surface area contributed by atoms with Crippen LogP contribution >= 0.6 is 0 Å². The number of benzene rings is 1. The van der Waals surface area contributed by atoms with E-state index in [0.717, 1.165) is 42.6 Å². The standard InChI is InChI=1S/C31H44N4O3S/c1-24-6-3-4-8-29(24)39(37,38)34(2)16-17-35(30(36)33-12-5-7-25-9-13-32-14-10-25)15-11-31-21-26-18-27(22-31)20-28(19-26)23-31/h3-4,6,8-10,13-14,26-28H,5,7,11-12,15-23H2,1-2H3,(H,33,36). The SMILES string of the molecule is Cc1ccccc1S(=O)(=O)N(C)CCN(CCC12CC3CC(CC(C3)C1)C2)C(=O)NCCCc1ccncc1. The molecule has 212 valence electrons. The fraction of sp³-hybridized carbons (Fsp3) is 0.613. The van der Waals surface area contributed by atoms with Crippen molar-refractivity contribution < 1.29 is 13.2 Å². The molecule has 4 aliphatic carbocycles. The van der Waals surface area contributed by atoms with Crippen LogP contribution in [0.2, 0.25) is 0 Å². The van der Waals surface area contributed by atoms with Crippen LogP contribution in [-0.2, 0) is 16.4 Å². The third-order valence-electron chi connectivity index (χ3n) is 9.50. The highest BCUT2D eigenvalue weighted by atomic mass is 32.2. The maximum absolute atomic E-state index is 13.4. The van der Waals surface area contributed by atoms with E-state index in [-0.39, 0.29) is 12.6 Å². The van der Waals surface area contributed by atoms with Crippen molar-refractivity contribution in [1.82, 2.24) is 19.5 Å². The molecule has 2 amide bonds. The summed E-state index contributed by atoms with van der Waals surface area (Å²) in [6.07, 6.45) is 14.5. The molecule has 7 nitrogen and oxygen atoms in total. The lowest BCUT2D eigenvalue weighted by atomic mass is 9.49. The van der Waals surface area contributed by atoms with Crippen LogP contribution in [0, 0.1) is 30.1 Å². The van der Waals surface area contributed by atoms with Gasteiger partial charge in [0.1, 0.15) is 0 Å². The number of hydrogen-bond acceptors (Lipinski definition) is 4. The minimum atomic E-state index is -3.62. The van der Waals surface area contributed by atoms with Crippen molar-refractivity contribution in [1.29, 1.82) is 0 Å². The van der Waals surface area contributed by atoms with Gasteiger partial charge >= 0.3 is 6.03 Å². The van der Waals surface area contributed by atoms with Gasteiger partial charge in [-0.15, -0.1) is 0 Å². The molecule has 1 aromatic heterocycles. The van der Waals surface area contributed by atoms with Gasteiger partial charge in [-0.1, -0.05) is 18.2 Å². The molecule has 0 atom stereocenters. The van der Waals surface area contributed by atoms with E-state index in [1.807, 2.05) is 36.1 Å². The topological polar surface area (TPSA) is 82.6 Å². The van der Waals surface area contributed by atoms with Gasteiger partial charge in [-0.2, -0.15) is 4.31 Å². The highest BCUT2D eigenvalue weighted by Gasteiger charge is 2.50. The monoisotopic (exact) mass is 552 g/mol. The van der Waals surface area contributed by atoms with Crippen molar-refractivity contribution in [3.05, 3.63) is 59.9 Å². The van der Waals surface area contributed by atoms with E-state index in [0.29, 0.717) is 29.9 Å².